The zero-order chi connectivity index (χ0) is 21.2. The maximum Gasteiger partial charge on any atom is 0.380 e. The first-order chi connectivity index (χ1) is 13.6. The summed E-state index contributed by atoms with van der Waals surface area (Å²) in [6.45, 7) is 7.76. The first-order valence-corrected chi connectivity index (χ1v) is 10.9. The minimum absolute atomic E-state index is 0.0189. The standard InChI is InChI=1S/C20H26O8S/c1-5-6-11-24-17-16(15-12-25-20(3,4)27-15)26-19(21)18(17)28-29(22,23)14-9-7-13(2)8-10-14/h7-10,15-16H,5-6,11-12H2,1-4H3/t15-,16+/m0/s1. The number of unbranched alkanes of at least 4 members (excludes halogenated alkanes) is 1. The summed E-state index contributed by atoms with van der Waals surface area (Å²) in [5, 5.41) is 0. The molecule has 0 saturated carbocycles. The maximum absolute atomic E-state index is 12.7. The lowest BCUT2D eigenvalue weighted by Gasteiger charge is -2.21. The molecule has 0 spiro atoms. The Morgan fingerprint density at radius 1 is 1.21 bits per heavy atom. The SMILES string of the molecule is CCCCOC1=C(OS(=O)(=O)c2ccc(C)cc2)C(=O)O[C@@H]1[C@@H]1COC(C)(C)O1. The highest BCUT2D eigenvalue weighted by atomic mass is 32.2. The monoisotopic (exact) mass is 426 g/mol. The van der Waals surface area contributed by atoms with Crippen molar-refractivity contribution in [1.29, 1.82) is 0 Å². The van der Waals surface area contributed by atoms with E-state index in [1.165, 1.54) is 12.1 Å². The van der Waals surface area contributed by atoms with E-state index in [0.29, 0.717) is 0 Å². The maximum atomic E-state index is 12.7. The van der Waals surface area contributed by atoms with Crippen LogP contribution in [0, 0.1) is 6.92 Å². The van der Waals surface area contributed by atoms with Crippen LogP contribution >= 0.6 is 0 Å². The summed E-state index contributed by atoms with van der Waals surface area (Å²) >= 11 is 0. The van der Waals surface area contributed by atoms with Crippen LogP contribution < -0.4 is 0 Å². The molecule has 1 aromatic carbocycles. The Bertz CT molecular complexity index is 886. The number of carbonyl (C=O) groups excluding carboxylic acids is 1. The van der Waals surface area contributed by atoms with E-state index in [1.54, 1.807) is 26.0 Å². The van der Waals surface area contributed by atoms with E-state index < -0.39 is 39.8 Å². The van der Waals surface area contributed by atoms with E-state index in [-0.39, 0.29) is 23.9 Å². The second-order valence-electron chi connectivity index (χ2n) is 7.44. The Balaban J connectivity index is 1.90. The molecule has 0 unspecified atom stereocenters. The number of benzene rings is 1. The lowest BCUT2D eigenvalue weighted by atomic mass is 10.2. The number of esters is 1. The highest BCUT2D eigenvalue weighted by Crippen LogP contribution is 2.35. The van der Waals surface area contributed by atoms with Crippen LogP contribution in [-0.2, 0) is 38.0 Å². The number of aryl methyl sites for hydroxylation is 1. The molecule has 29 heavy (non-hydrogen) atoms. The molecule has 9 heteroatoms. The number of carbonyl (C=O) groups is 1. The minimum Gasteiger partial charge on any atom is -0.490 e. The van der Waals surface area contributed by atoms with Crippen LogP contribution in [0.2, 0.25) is 0 Å². The predicted molar refractivity (Wildman–Crippen MR) is 102 cm³/mol. The quantitative estimate of drug-likeness (QED) is 0.356. The molecule has 2 aliphatic heterocycles. The van der Waals surface area contributed by atoms with Gasteiger partial charge >= 0.3 is 16.1 Å². The summed E-state index contributed by atoms with van der Waals surface area (Å²) in [5.74, 6) is -2.21. The number of ether oxygens (including phenoxy) is 4. The van der Waals surface area contributed by atoms with Gasteiger partial charge in [0.15, 0.2) is 17.7 Å². The van der Waals surface area contributed by atoms with Gasteiger partial charge in [-0.15, -0.1) is 0 Å². The zero-order valence-electron chi connectivity index (χ0n) is 17.0. The number of hydrogen-bond donors (Lipinski definition) is 0. The first kappa shape index (κ1) is 21.6. The predicted octanol–water partition coefficient (Wildman–Crippen LogP) is 2.81. The molecular weight excluding hydrogens is 400 g/mol. The van der Waals surface area contributed by atoms with Crippen LogP contribution in [-0.4, -0.2) is 45.6 Å². The number of cyclic esters (lactones) is 1. The number of hydrogen-bond acceptors (Lipinski definition) is 8. The molecule has 1 aromatic rings. The molecule has 0 aromatic heterocycles. The molecule has 8 nitrogen and oxygen atoms in total. The molecule has 2 aliphatic rings. The molecule has 2 atom stereocenters. The smallest absolute Gasteiger partial charge is 0.380 e. The van der Waals surface area contributed by atoms with Crippen molar-refractivity contribution >= 4 is 16.1 Å². The van der Waals surface area contributed by atoms with Crippen LogP contribution in [0.4, 0.5) is 0 Å². The summed E-state index contributed by atoms with van der Waals surface area (Å²) in [7, 11) is -4.24. The topological polar surface area (TPSA) is 97.4 Å². The van der Waals surface area contributed by atoms with Gasteiger partial charge in [-0.3, -0.25) is 0 Å². The van der Waals surface area contributed by atoms with Crippen LogP contribution in [0.1, 0.15) is 39.2 Å². The van der Waals surface area contributed by atoms with Gasteiger partial charge in [0.2, 0.25) is 0 Å². The molecule has 0 aliphatic carbocycles. The highest BCUT2D eigenvalue weighted by Gasteiger charge is 2.49. The van der Waals surface area contributed by atoms with E-state index >= 15 is 0 Å². The van der Waals surface area contributed by atoms with Crippen LogP contribution in [0.5, 0.6) is 0 Å². The molecule has 1 fully saturated rings. The Morgan fingerprint density at radius 3 is 2.48 bits per heavy atom. The van der Waals surface area contributed by atoms with Crippen molar-refractivity contribution in [2.45, 2.75) is 63.4 Å². The zero-order valence-corrected chi connectivity index (χ0v) is 17.8. The fraction of sp³-hybridized carbons (Fsp3) is 0.550. The Labute approximate surface area is 170 Å². The van der Waals surface area contributed by atoms with Crippen LogP contribution in [0.15, 0.2) is 40.7 Å². The molecule has 0 amide bonds. The summed E-state index contributed by atoms with van der Waals surface area (Å²) in [5.41, 5.74) is 0.896. The Morgan fingerprint density at radius 2 is 1.90 bits per heavy atom. The van der Waals surface area contributed by atoms with Crippen molar-refractivity contribution in [1.82, 2.24) is 0 Å². The van der Waals surface area contributed by atoms with Crippen LogP contribution in [0.3, 0.4) is 0 Å². The third-order valence-electron chi connectivity index (χ3n) is 4.53. The molecule has 2 heterocycles. The van der Waals surface area contributed by atoms with Crippen LogP contribution in [0.25, 0.3) is 0 Å². The van der Waals surface area contributed by atoms with E-state index in [4.69, 9.17) is 23.1 Å². The molecule has 0 N–H and O–H groups in total. The summed E-state index contributed by atoms with van der Waals surface area (Å²) in [4.78, 5) is 12.4. The average molecular weight is 426 g/mol. The van der Waals surface area contributed by atoms with E-state index in [0.717, 1.165) is 18.4 Å². The van der Waals surface area contributed by atoms with Gasteiger partial charge in [0.1, 0.15) is 11.0 Å². The second-order valence-corrected chi connectivity index (χ2v) is 8.99. The van der Waals surface area contributed by atoms with Crippen molar-refractivity contribution < 1.29 is 36.3 Å². The van der Waals surface area contributed by atoms with Gasteiger partial charge in [-0.05, 0) is 39.3 Å². The molecular formula is C20H26O8S. The first-order valence-electron chi connectivity index (χ1n) is 9.54. The van der Waals surface area contributed by atoms with Gasteiger partial charge in [0.05, 0.1) is 13.2 Å². The van der Waals surface area contributed by atoms with Gasteiger partial charge < -0.3 is 23.1 Å². The Hall–Kier alpha value is -2.10. The average Bonchev–Trinajstić information content (AvgIpc) is 3.15. The normalized spacial score (nSPS) is 23.9. The minimum atomic E-state index is -4.24. The number of rotatable bonds is 8. The molecule has 1 saturated heterocycles. The van der Waals surface area contributed by atoms with Gasteiger partial charge in [0.25, 0.3) is 5.76 Å². The van der Waals surface area contributed by atoms with E-state index in [9.17, 15) is 13.2 Å². The summed E-state index contributed by atoms with van der Waals surface area (Å²) < 4.78 is 52.9. The second kappa shape index (κ2) is 8.33. The highest BCUT2D eigenvalue weighted by molar-refractivity contribution is 7.86. The van der Waals surface area contributed by atoms with Crippen molar-refractivity contribution in [3.05, 3.63) is 41.3 Å². The van der Waals surface area contributed by atoms with Gasteiger partial charge in [0, 0.05) is 0 Å². The third kappa shape index (κ3) is 4.91. The van der Waals surface area contributed by atoms with Gasteiger partial charge in [-0.25, -0.2) is 4.79 Å². The fourth-order valence-corrected chi connectivity index (χ4v) is 3.91. The van der Waals surface area contributed by atoms with Crippen molar-refractivity contribution in [3.63, 3.8) is 0 Å². The molecule has 160 valence electrons. The van der Waals surface area contributed by atoms with E-state index in [2.05, 4.69) is 0 Å². The van der Waals surface area contributed by atoms with Crippen molar-refractivity contribution in [2.24, 2.45) is 0 Å². The lowest BCUT2D eigenvalue weighted by Crippen LogP contribution is -2.33. The summed E-state index contributed by atoms with van der Waals surface area (Å²) in [6, 6.07) is 6.11. The van der Waals surface area contributed by atoms with Crippen molar-refractivity contribution in [3.8, 4) is 0 Å². The van der Waals surface area contributed by atoms with E-state index in [1.807, 2.05) is 13.8 Å². The molecule has 3 rings (SSSR count). The van der Waals surface area contributed by atoms with Gasteiger partial charge in [-0.2, -0.15) is 8.42 Å². The Kier molecular flexibility index (Phi) is 6.21. The fourth-order valence-electron chi connectivity index (χ4n) is 2.97. The van der Waals surface area contributed by atoms with Crippen molar-refractivity contribution in [2.75, 3.05) is 13.2 Å². The summed E-state index contributed by atoms with van der Waals surface area (Å²) in [6.07, 6.45) is 0.00876. The molecule has 0 bridgehead atoms. The van der Waals surface area contributed by atoms with Gasteiger partial charge in [-0.1, -0.05) is 31.0 Å². The molecule has 0 radical (unpaired) electrons. The third-order valence-corrected chi connectivity index (χ3v) is 5.76. The largest absolute Gasteiger partial charge is 0.490 e. The lowest BCUT2D eigenvalue weighted by molar-refractivity contribution is -0.163.